The van der Waals surface area contributed by atoms with Crippen molar-refractivity contribution in [3.05, 3.63) is 0 Å². The Labute approximate surface area is 126 Å². The molecule has 0 amide bonds. The molecule has 0 saturated carbocycles. The van der Waals surface area contributed by atoms with E-state index in [2.05, 4.69) is 0 Å². The monoisotopic (exact) mass is 476 g/mol. The summed E-state index contributed by atoms with van der Waals surface area (Å²) >= 11 is 0. The van der Waals surface area contributed by atoms with Crippen molar-refractivity contribution in [2.24, 2.45) is 0 Å². The van der Waals surface area contributed by atoms with E-state index in [1.165, 1.54) is 0 Å². The molecule has 0 aliphatic heterocycles. The Hall–Kier alpha value is -0.0977. The van der Waals surface area contributed by atoms with E-state index in [4.69, 9.17) is 25.9 Å². The van der Waals surface area contributed by atoms with Crippen LogP contribution in [0.25, 0.3) is 0 Å². The van der Waals surface area contributed by atoms with Gasteiger partial charge in [-0.05, 0) is 0 Å². The summed E-state index contributed by atoms with van der Waals surface area (Å²) in [6.45, 7) is 0. The van der Waals surface area contributed by atoms with E-state index in [1.807, 2.05) is 0 Å². The van der Waals surface area contributed by atoms with E-state index in [1.54, 1.807) is 0 Å². The van der Waals surface area contributed by atoms with Crippen molar-refractivity contribution in [3.63, 3.8) is 0 Å². The van der Waals surface area contributed by atoms with Crippen LogP contribution < -0.4 is 0 Å². The molecule has 0 aliphatic carbocycles. The molecule has 0 heterocycles. The molecule has 19 heteroatoms. The van der Waals surface area contributed by atoms with Crippen LogP contribution in [0, 0.1) is 0 Å². The topological polar surface area (TPSA) is 240 Å². The van der Waals surface area contributed by atoms with Crippen LogP contribution in [-0.2, 0) is 40.7 Å². The number of halogens is 6. The molecule has 0 unspecified atom stereocenters. The number of hydrogen-bond acceptors (Lipinski definition) is 6. The van der Waals surface area contributed by atoms with E-state index in [0.29, 0.717) is 0 Å². The standard InChI is InChI=1S/2CHF3O3S.4H2O.Pd/c2*2-1(3,4)8(5,6)7;;;;;/h2*(H,5,6,7);4*1H2;/q;;;;;;+2/p-2. The van der Waals surface area contributed by atoms with Crippen molar-refractivity contribution in [3.8, 4) is 0 Å². The molecule has 0 aromatic heterocycles. The number of rotatable bonds is 0. The molecule has 140 valence electrons. The Balaban J connectivity index is -0.0000000302. The number of alkyl halides is 6. The van der Waals surface area contributed by atoms with Gasteiger partial charge in [-0.3, -0.25) is 0 Å². The van der Waals surface area contributed by atoms with Gasteiger partial charge in [0.1, 0.15) is 0 Å². The van der Waals surface area contributed by atoms with Crippen LogP contribution in [0.3, 0.4) is 0 Å². The molecule has 0 saturated heterocycles. The third-order valence-corrected chi connectivity index (χ3v) is 1.70. The van der Waals surface area contributed by atoms with Gasteiger partial charge in [-0.15, -0.1) is 0 Å². The Bertz CT molecular complexity index is 379. The van der Waals surface area contributed by atoms with E-state index in [0.717, 1.165) is 0 Å². The Morgan fingerprint density at radius 1 is 0.571 bits per heavy atom. The third kappa shape index (κ3) is 19.9. The smallest absolute Gasteiger partial charge is 0.741 e. The maximum absolute atomic E-state index is 10.7. The molecule has 0 atom stereocenters. The van der Waals surface area contributed by atoms with Gasteiger partial charge in [-0.2, -0.15) is 26.3 Å². The van der Waals surface area contributed by atoms with Gasteiger partial charge in [0.05, 0.1) is 0 Å². The summed E-state index contributed by atoms with van der Waals surface area (Å²) in [4.78, 5) is 0. The predicted molar refractivity (Wildman–Crippen MR) is 46.0 cm³/mol. The van der Waals surface area contributed by atoms with Crippen LogP contribution in [-0.4, -0.2) is 58.9 Å². The minimum absolute atomic E-state index is 0. The third-order valence-electron chi connectivity index (χ3n) is 0.567. The summed E-state index contributed by atoms with van der Waals surface area (Å²) < 4.78 is 118. The second-order valence-corrected chi connectivity index (χ2v) is 4.54. The SMILES string of the molecule is O.O.O.O.O=S(=O)([O-])C(F)(F)F.O=S(=O)([O-])C(F)(F)F.[Pd+2]. The minimum atomic E-state index is -6.09. The fraction of sp³-hybridized carbons (Fsp3) is 1.00. The summed E-state index contributed by atoms with van der Waals surface area (Å²) in [5, 5.41) is 0. The van der Waals surface area contributed by atoms with Crippen LogP contribution in [0.4, 0.5) is 26.3 Å². The van der Waals surface area contributed by atoms with E-state index >= 15 is 0 Å². The molecule has 0 aromatic rings. The first kappa shape index (κ1) is 42.8. The first-order valence-corrected chi connectivity index (χ1v) is 5.36. The van der Waals surface area contributed by atoms with Gasteiger partial charge < -0.3 is 31.0 Å². The zero-order valence-corrected chi connectivity index (χ0v) is 12.0. The molecule has 0 spiro atoms. The van der Waals surface area contributed by atoms with Crippen LogP contribution >= 0.6 is 0 Å². The molecular weight excluding hydrogens is 469 g/mol. The normalized spacial score (nSPS) is 10.7. The predicted octanol–water partition coefficient (Wildman–Crippen LogP) is -3.20. The zero-order valence-electron chi connectivity index (χ0n) is 8.85. The van der Waals surface area contributed by atoms with Crippen molar-refractivity contribution in [1.29, 1.82) is 0 Å². The first-order valence-electron chi connectivity index (χ1n) is 2.54. The van der Waals surface area contributed by atoms with Crippen LogP contribution in [0.15, 0.2) is 0 Å². The molecule has 0 aliphatic rings. The second kappa shape index (κ2) is 12.4. The van der Waals surface area contributed by atoms with Gasteiger partial charge in [-0.25, -0.2) is 16.8 Å². The molecular formula is C2H8F6O10PdS2. The maximum atomic E-state index is 10.7. The molecule has 0 aromatic carbocycles. The van der Waals surface area contributed by atoms with E-state index in [9.17, 15) is 26.3 Å². The van der Waals surface area contributed by atoms with Gasteiger partial charge in [0.25, 0.3) is 0 Å². The van der Waals surface area contributed by atoms with Crippen molar-refractivity contribution >= 4 is 20.2 Å². The molecule has 0 radical (unpaired) electrons. The minimum Gasteiger partial charge on any atom is -0.741 e. The average Bonchev–Trinajstić information content (AvgIpc) is 1.77. The molecule has 10 nitrogen and oxygen atoms in total. The summed E-state index contributed by atoms with van der Waals surface area (Å²) in [6, 6.07) is 0. The summed E-state index contributed by atoms with van der Waals surface area (Å²) in [5.41, 5.74) is -11.3. The second-order valence-electron chi connectivity index (χ2n) is 1.80. The van der Waals surface area contributed by atoms with Crippen molar-refractivity contribution in [2.45, 2.75) is 11.0 Å². The molecule has 8 N–H and O–H groups in total. The van der Waals surface area contributed by atoms with Gasteiger partial charge >= 0.3 is 31.4 Å². The molecule has 21 heavy (non-hydrogen) atoms. The first-order chi connectivity index (χ1) is 6.50. The Morgan fingerprint density at radius 2 is 0.619 bits per heavy atom. The van der Waals surface area contributed by atoms with Crippen LogP contribution in [0.2, 0.25) is 0 Å². The quantitative estimate of drug-likeness (QED) is 0.151. The fourth-order valence-electron chi connectivity index (χ4n) is 0. The summed E-state index contributed by atoms with van der Waals surface area (Å²) in [7, 11) is -12.2. The Morgan fingerprint density at radius 3 is 0.619 bits per heavy atom. The Kier molecular flexibility index (Phi) is 25.4. The largest absolute Gasteiger partial charge is 2.00 e. The van der Waals surface area contributed by atoms with Gasteiger partial charge in [0.15, 0.2) is 20.2 Å². The fourth-order valence-corrected chi connectivity index (χ4v) is 0. The molecule has 0 rings (SSSR count). The van der Waals surface area contributed by atoms with Crippen molar-refractivity contribution in [1.82, 2.24) is 0 Å². The maximum Gasteiger partial charge on any atom is 2.00 e. The van der Waals surface area contributed by atoms with Gasteiger partial charge in [0, 0.05) is 0 Å². The van der Waals surface area contributed by atoms with Crippen molar-refractivity contribution in [2.75, 3.05) is 0 Å². The average molecular weight is 477 g/mol. The van der Waals surface area contributed by atoms with Gasteiger partial charge in [-0.1, -0.05) is 0 Å². The zero-order chi connectivity index (χ0) is 14.0. The number of hydrogen-bond donors (Lipinski definition) is 0. The van der Waals surface area contributed by atoms with E-state index < -0.39 is 31.3 Å². The van der Waals surface area contributed by atoms with Crippen molar-refractivity contribution < 1.29 is 94.6 Å². The summed E-state index contributed by atoms with van der Waals surface area (Å²) in [6.07, 6.45) is 0. The summed E-state index contributed by atoms with van der Waals surface area (Å²) in [5.74, 6) is 0. The van der Waals surface area contributed by atoms with Crippen LogP contribution in [0.5, 0.6) is 0 Å². The van der Waals surface area contributed by atoms with Gasteiger partial charge in [0.2, 0.25) is 0 Å². The van der Waals surface area contributed by atoms with E-state index in [-0.39, 0.29) is 42.3 Å². The van der Waals surface area contributed by atoms with Crippen LogP contribution in [0.1, 0.15) is 0 Å². The molecule has 0 bridgehead atoms. The molecule has 0 fully saturated rings.